The van der Waals surface area contributed by atoms with E-state index in [0.717, 1.165) is 5.56 Å². The summed E-state index contributed by atoms with van der Waals surface area (Å²) >= 11 is 0. The number of hydrogen-bond acceptors (Lipinski definition) is 2. The highest BCUT2D eigenvalue weighted by molar-refractivity contribution is 5.94. The van der Waals surface area contributed by atoms with Gasteiger partial charge in [0.15, 0.2) is 0 Å². The summed E-state index contributed by atoms with van der Waals surface area (Å²) in [7, 11) is 0. The van der Waals surface area contributed by atoms with Crippen molar-refractivity contribution in [2.75, 3.05) is 0 Å². The Balaban J connectivity index is 1.89. The molecule has 0 spiro atoms. The predicted molar refractivity (Wildman–Crippen MR) is 80.9 cm³/mol. The molecule has 0 radical (unpaired) electrons. The van der Waals surface area contributed by atoms with Crippen LogP contribution in [-0.2, 0) is 0 Å². The van der Waals surface area contributed by atoms with E-state index in [-0.39, 0.29) is 11.5 Å². The molecule has 1 aromatic heterocycles. The van der Waals surface area contributed by atoms with Gasteiger partial charge in [-0.1, -0.05) is 36.4 Å². The van der Waals surface area contributed by atoms with E-state index in [4.69, 9.17) is 4.42 Å². The third kappa shape index (κ3) is 3.06. The zero-order valence-electron chi connectivity index (χ0n) is 11.7. The number of nitrogens with one attached hydrogen (secondary N) is 1. The van der Waals surface area contributed by atoms with Gasteiger partial charge in [0, 0.05) is 5.56 Å². The van der Waals surface area contributed by atoms with Crippen LogP contribution in [0.3, 0.4) is 0 Å². The molecule has 0 bridgehead atoms. The molecule has 3 rings (SSSR count). The topological polar surface area (TPSA) is 42.2 Å². The molecule has 3 nitrogen and oxygen atoms in total. The SMILES string of the molecule is O=C(N[C@@H](c1ccccc1)c1ccco1)c1cccc(F)c1. The molecule has 1 amide bonds. The van der Waals surface area contributed by atoms with Crippen molar-refractivity contribution in [3.05, 3.63) is 95.7 Å². The van der Waals surface area contributed by atoms with Crippen LogP contribution in [0.2, 0.25) is 0 Å². The molecule has 2 aromatic carbocycles. The van der Waals surface area contributed by atoms with Crippen LogP contribution in [0, 0.1) is 5.82 Å². The van der Waals surface area contributed by atoms with Gasteiger partial charge in [0.1, 0.15) is 17.6 Å². The highest BCUT2D eigenvalue weighted by Gasteiger charge is 2.20. The van der Waals surface area contributed by atoms with Crippen LogP contribution in [0.15, 0.2) is 77.4 Å². The van der Waals surface area contributed by atoms with Crippen molar-refractivity contribution in [1.82, 2.24) is 5.32 Å². The van der Waals surface area contributed by atoms with Crippen LogP contribution in [-0.4, -0.2) is 5.91 Å². The first-order valence-corrected chi connectivity index (χ1v) is 6.89. The van der Waals surface area contributed by atoms with Crippen LogP contribution in [0.1, 0.15) is 27.7 Å². The zero-order valence-corrected chi connectivity index (χ0v) is 11.7. The molecule has 0 aliphatic heterocycles. The summed E-state index contributed by atoms with van der Waals surface area (Å²) in [5.74, 6) is -0.178. The summed E-state index contributed by atoms with van der Waals surface area (Å²) in [6.45, 7) is 0. The van der Waals surface area contributed by atoms with E-state index in [1.54, 1.807) is 24.5 Å². The smallest absolute Gasteiger partial charge is 0.252 e. The van der Waals surface area contributed by atoms with Crippen molar-refractivity contribution in [3.63, 3.8) is 0 Å². The van der Waals surface area contributed by atoms with Crippen molar-refractivity contribution >= 4 is 5.91 Å². The van der Waals surface area contributed by atoms with Crippen molar-refractivity contribution in [2.24, 2.45) is 0 Å². The van der Waals surface area contributed by atoms with E-state index in [1.165, 1.54) is 18.2 Å². The lowest BCUT2D eigenvalue weighted by Crippen LogP contribution is -2.29. The summed E-state index contributed by atoms with van der Waals surface area (Å²) < 4.78 is 18.7. The lowest BCUT2D eigenvalue weighted by molar-refractivity contribution is 0.0938. The van der Waals surface area contributed by atoms with Crippen LogP contribution in [0.4, 0.5) is 4.39 Å². The number of carbonyl (C=O) groups excluding carboxylic acids is 1. The van der Waals surface area contributed by atoms with Gasteiger partial charge < -0.3 is 9.73 Å². The second kappa shape index (κ2) is 6.26. The quantitative estimate of drug-likeness (QED) is 0.792. The Morgan fingerprint density at radius 2 is 1.82 bits per heavy atom. The van der Waals surface area contributed by atoms with Gasteiger partial charge in [0.05, 0.1) is 6.26 Å². The van der Waals surface area contributed by atoms with Gasteiger partial charge in [0.2, 0.25) is 0 Å². The fourth-order valence-corrected chi connectivity index (χ4v) is 2.26. The zero-order chi connectivity index (χ0) is 15.4. The Hall–Kier alpha value is -2.88. The monoisotopic (exact) mass is 295 g/mol. The normalized spacial score (nSPS) is 11.9. The molecule has 0 fully saturated rings. The van der Waals surface area contributed by atoms with Crippen molar-refractivity contribution in [1.29, 1.82) is 0 Å². The minimum Gasteiger partial charge on any atom is -0.467 e. The highest BCUT2D eigenvalue weighted by Crippen LogP contribution is 2.23. The molecule has 0 aliphatic rings. The molecule has 0 saturated heterocycles. The summed E-state index contributed by atoms with van der Waals surface area (Å²) in [6, 6.07) is 18.2. The Morgan fingerprint density at radius 1 is 1.00 bits per heavy atom. The van der Waals surface area contributed by atoms with Crippen molar-refractivity contribution in [2.45, 2.75) is 6.04 Å². The minimum absolute atomic E-state index is 0.271. The number of amides is 1. The summed E-state index contributed by atoms with van der Waals surface area (Å²) in [4.78, 5) is 12.4. The standard InChI is InChI=1S/C18H14FNO2/c19-15-9-4-8-14(12-15)18(21)20-17(16-10-5-11-22-16)13-6-2-1-3-7-13/h1-12,17H,(H,20,21)/t17-/m0/s1. The second-order valence-corrected chi connectivity index (χ2v) is 4.84. The third-order valence-electron chi connectivity index (χ3n) is 3.32. The molecule has 110 valence electrons. The van der Waals surface area contributed by atoms with E-state index in [1.807, 2.05) is 30.3 Å². The average molecular weight is 295 g/mol. The van der Waals surface area contributed by atoms with Crippen LogP contribution in [0.5, 0.6) is 0 Å². The summed E-state index contributed by atoms with van der Waals surface area (Å²) in [6.07, 6.45) is 1.56. The highest BCUT2D eigenvalue weighted by atomic mass is 19.1. The molecule has 0 unspecified atom stereocenters. The number of furan rings is 1. The van der Waals surface area contributed by atoms with E-state index in [2.05, 4.69) is 5.32 Å². The molecule has 1 atom stereocenters. The largest absolute Gasteiger partial charge is 0.467 e. The maximum Gasteiger partial charge on any atom is 0.252 e. The van der Waals surface area contributed by atoms with Gasteiger partial charge in [-0.15, -0.1) is 0 Å². The van der Waals surface area contributed by atoms with Crippen LogP contribution < -0.4 is 5.32 Å². The molecular formula is C18H14FNO2. The Bertz CT molecular complexity index is 754. The summed E-state index contributed by atoms with van der Waals surface area (Å²) in [5.41, 5.74) is 1.16. The van der Waals surface area contributed by atoms with Crippen LogP contribution >= 0.6 is 0 Å². The molecule has 0 saturated carbocycles. The van der Waals surface area contributed by atoms with Gasteiger partial charge in [0.25, 0.3) is 5.91 Å². The number of rotatable bonds is 4. The maximum absolute atomic E-state index is 13.3. The fraction of sp³-hybridized carbons (Fsp3) is 0.0556. The molecular weight excluding hydrogens is 281 g/mol. The average Bonchev–Trinajstić information content (AvgIpc) is 3.07. The van der Waals surface area contributed by atoms with Gasteiger partial charge in [-0.25, -0.2) is 4.39 Å². The first kappa shape index (κ1) is 14.1. The van der Waals surface area contributed by atoms with Gasteiger partial charge >= 0.3 is 0 Å². The predicted octanol–water partition coefficient (Wildman–Crippen LogP) is 3.94. The first-order valence-electron chi connectivity index (χ1n) is 6.89. The molecule has 3 aromatic rings. The fourth-order valence-electron chi connectivity index (χ4n) is 2.26. The lowest BCUT2D eigenvalue weighted by Gasteiger charge is -2.17. The Kier molecular flexibility index (Phi) is 4.01. The third-order valence-corrected chi connectivity index (χ3v) is 3.32. The molecule has 1 heterocycles. The summed E-state index contributed by atoms with van der Waals surface area (Å²) in [5, 5.41) is 2.88. The molecule has 1 N–H and O–H groups in total. The Labute approximate surface area is 127 Å². The number of halogens is 1. The number of carbonyl (C=O) groups is 1. The van der Waals surface area contributed by atoms with E-state index >= 15 is 0 Å². The minimum atomic E-state index is -0.443. The van der Waals surface area contributed by atoms with E-state index in [0.29, 0.717) is 5.76 Å². The van der Waals surface area contributed by atoms with Crippen molar-refractivity contribution < 1.29 is 13.6 Å². The van der Waals surface area contributed by atoms with Gasteiger partial charge in [-0.2, -0.15) is 0 Å². The number of benzene rings is 2. The molecule has 22 heavy (non-hydrogen) atoms. The lowest BCUT2D eigenvalue weighted by atomic mass is 10.0. The number of hydrogen-bond donors (Lipinski definition) is 1. The Morgan fingerprint density at radius 3 is 2.50 bits per heavy atom. The van der Waals surface area contributed by atoms with Gasteiger partial charge in [-0.05, 0) is 35.9 Å². The second-order valence-electron chi connectivity index (χ2n) is 4.84. The van der Waals surface area contributed by atoms with E-state index < -0.39 is 11.9 Å². The molecule has 4 heteroatoms. The first-order chi connectivity index (χ1) is 10.7. The van der Waals surface area contributed by atoms with E-state index in [9.17, 15) is 9.18 Å². The van der Waals surface area contributed by atoms with Gasteiger partial charge in [-0.3, -0.25) is 4.79 Å². The maximum atomic E-state index is 13.3. The van der Waals surface area contributed by atoms with Crippen LogP contribution in [0.25, 0.3) is 0 Å². The molecule has 0 aliphatic carbocycles. The van der Waals surface area contributed by atoms with Crippen molar-refractivity contribution in [3.8, 4) is 0 Å².